The van der Waals surface area contributed by atoms with E-state index in [9.17, 15) is 0 Å². The average Bonchev–Trinajstić information content (AvgIpc) is 2.51. The highest BCUT2D eigenvalue weighted by Crippen LogP contribution is 2.42. The maximum absolute atomic E-state index is 6.39. The molecule has 0 saturated heterocycles. The van der Waals surface area contributed by atoms with E-state index < -0.39 is 0 Å². The van der Waals surface area contributed by atoms with Crippen LogP contribution in [0.2, 0.25) is 5.02 Å². The van der Waals surface area contributed by atoms with Gasteiger partial charge >= 0.3 is 0 Å². The third-order valence-electron chi connectivity index (χ3n) is 4.09. The van der Waals surface area contributed by atoms with Crippen LogP contribution in [-0.4, -0.2) is 21.3 Å². The Labute approximate surface area is 134 Å². The molecule has 4 heteroatoms. The van der Waals surface area contributed by atoms with E-state index in [4.69, 9.17) is 21.1 Å². The van der Waals surface area contributed by atoms with Crippen LogP contribution < -0.4 is 14.8 Å². The predicted molar refractivity (Wildman–Crippen MR) is 89.7 cm³/mol. The van der Waals surface area contributed by atoms with Gasteiger partial charge in [0.05, 0.1) is 14.2 Å². The van der Waals surface area contributed by atoms with E-state index >= 15 is 0 Å². The van der Waals surface area contributed by atoms with E-state index in [0.717, 1.165) is 12.0 Å². The molecule has 1 aromatic rings. The summed E-state index contributed by atoms with van der Waals surface area (Å²) < 4.78 is 10.8. The lowest BCUT2D eigenvalue weighted by Crippen LogP contribution is -2.25. The van der Waals surface area contributed by atoms with Crippen molar-refractivity contribution in [3.63, 3.8) is 0 Å². The smallest absolute Gasteiger partial charge is 0.146 e. The van der Waals surface area contributed by atoms with Crippen molar-refractivity contribution >= 4 is 11.6 Å². The van der Waals surface area contributed by atoms with Crippen LogP contribution in [0.25, 0.3) is 0 Å². The number of halogens is 1. The Morgan fingerprint density at radius 1 is 1.19 bits per heavy atom. The molecule has 1 rings (SSSR count). The Hall–Kier alpha value is -0.930. The lowest BCUT2D eigenvalue weighted by Gasteiger charge is -2.28. The van der Waals surface area contributed by atoms with Gasteiger partial charge in [0.25, 0.3) is 0 Å². The van der Waals surface area contributed by atoms with Gasteiger partial charge < -0.3 is 14.8 Å². The maximum atomic E-state index is 6.39. The van der Waals surface area contributed by atoms with Crippen molar-refractivity contribution in [3.8, 4) is 11.5 Å². The van der Waals surface area contributed by atoms with Gasteiger partial charge in [0, 0.05) is 11.6 Å². The quantitative estimate of drug-likeness (QED) is 0.708. The number of rotatable bonds is 9. The molecule has 0 aliphatic rings. The number of ether oxygens (including phenoxy) is 2. The molecule has 1 N–H and O–H groups in total. The lowest BCUT2D eigenvalue weighted by atomic mass is 9.86. The molecule has 0 heterocycles. The molecule has 0 radical (unpaired) electrons. The number of nitrogens with one attached hydrogen (secondary N) is 1. The van der Waals surface area contributed by atoms with Crippen molar-refractivity contribution in [2.24, 2.45) is 5.92 Å². The van der Waals surface area contributed by atoms with Gasteiger partial charge in [-0.2, -0.15) is 0 Å². The summed E-state index contributed by atoms with van der Waals surface area (Å²) >= 11 is 6.39. The first-order valence-corrected chi connectivity index (χ1v) is 8.09. The van der Waals surface area contributed by atoms with Crippen LogP contribution in [-0.2, 0) is 0 Å². The Bertz CT molecular complexity index is 437. The first-order chi connectivity index (χ1) is 10.1. The zero-order chi connectivity index (χ0) is 15.8. The minimum atomic E-state index is 0.236. The monoisotopic (exact) mass is 313 g/mol. The van der Waals surface area contributed by atoms with Crippen molar-refractivity contribution < 1.29 is 9.47 Å². The van der Waals surface area contributed by atoms with Gasteiger partial charge in [-0.1, -0.05) is 44.7 Å². The maximum Gasteiger partial charge on any atom is 0.146 e. The van der Waals surface area contributed by atoms with E-state index in [-0.39, 0.29) is 6.04 Å². The third kappa shape index (κ3) is 4.27. The van der Waals surface area contributed by atoms with E-state index in [1.807, 2.05) is 13.1 Å². The molecule has 2 unspecified atom stereocenters. The van der Waals surface area contributed by atoms with E-state index in [1.54, 1.807) is 14.2 Å². The predicted octanol–water partition coefficient (Wildman–Crippen LogP) is 4.83. The Kier molecular flexibility index (Phi) is 7.91. The van der Waals surface area contributed by atoms with Crippen LogP contribution in [0.3, 0.4) is 0 Å². The Morgan fingerprint density at radius 2 is 1.90 bits per heavy atom. The zero-order valence-corrected chi connectivity index (χ0v) is 14.6. The molecule has 0 saturated carbocycles. The summed E-state index contributed by atoms with van der Waals surface area (Å²) in [5, 5.41) is 3.98. The number of methoxy groups -OCH3 is 2. The van der Waals surface area contributed by atoms with Crippen molar-refractivity contribution in [1.82, 2.24) is 5.32 Å². The van der Waals surface area contributed by atoms with Crippen molar-refractivity contribution in [2.75, 3.05) is 21.3 Å². The minimum absolute atomic E-state index is 0.236. The molecule has 0 bridgehead atoms. The molecule has 0 fully saturated rings. The summed E-state index contributed by atoms with van der Waals surface area (Å²) in [6, 6.07) is 4.20. The second-order valence-electron chi connectivity index (χ2n) is 5.28. The molecule has 2 atom stereocenters. The molecule has 0 aliphatic heterocycles. The molecular weight excluding hydrogens is 286 g/mol. The second-order valence-corrected chi connectivity index (χ2v) is 5.66. The third-order valence-corrected chi connectivity index (χ3v) is 4.44. The van der Waals surface area contributed by atoms with Crippen LogP contribution in [0.4, 0.5) is 0 Å². The first kappa shape index (κ1) is 18.1. The van der Waals surface area contributed by atoms with Crippen LogP contribution >= 0.6 is 11.6 Å². The van der Waals surface area contributed by atoms with Gasteiger partial charge in [0.1, 0.15) is 16.5 Å². The minimum Gasteiger partial charge on any atom is -0.495 e. The van der Waals surface area contributed by atoms with E-state index in [2.05, 4.69) is 25.2 Å². The van der Waals surface area contributed by atoms with Gasteiger partial charge in [-0.3, -0.25) is 0 Å². The fraction of sp³-hybridized carbons (Fsp3) is 0.647. The van der Waals surface area contributed by atoms with Crippen LogP contribution in [0.5, 0.6) is 11.5 Å². The number of hydrogen-bond acceptors (Lipinski definition) is 3. The van der Waals surface area contributed by atoms with E-state index in [0.29, 0.717) is 22.4 Å². The van der Waals surface area contributed by atoms with Crippen molar-refractivity contribution in [1.29, 1.82) is 0 Å². The topological polar surface area (TPSA) is 30.5 Å². The second kappa shape index (κ2) is 9.16. The normalized spacial score (nSPS) is 13.8. The molecule has 0 aromatic heterocycles. The Balaban J connectivity index is 3.17. The SMILES string of the molecule is CCCCC(CC)C(NC)c1ccc(OC)c(Cl)c1OC. The molecule has 21 heavy (non-hydrogen) atoms. The van der Waals surface area contributed by atoms with E-state index in [1.165, 1.54) is 19.3 Å². The zero-order valence-electron chi connectivity index (χ0n) is 13.8. The summed E-state index contributed by atoms with van der Waals surface area (Å²) in [5.74, 6) is 1.92. The van der Waals surface area contributed by atoms with Crippen LogP contribution in [0.1, 0.15) is 51.1 Å². The highest BCUT2D eigenvalue weighted by Gasteiger charge is 2.25. The van der Waals surface area contributed by atoms with Crippen LogP contribution in [0.15, 0.2) is 12.1 Å². The fourth-order valence-corrected chi connectivity index (χ4v) is 3.21. The number of hydrogen-bond donors (Lipinski definition) is 1. The highest BCUT2D eigenvalue weighted by molar-refractivity contribution is 6.33. The number of benzene rings is 1. The molecule has 3 nitrogen and oxygen atoms in total. The fourth-order valence-electron chi connectivity index (χ4n) is 2.88. The van der Waals surface area contributed by atoms with Gasteiger partial charge in [0.2, 0.25) is 0 Å². The largest absolute Gasteiger partial charge is 0.495 e. The molecule has 120 valence electrons. The standard InChI is InChI=1S/C17H28ClNO2/c1-6-8-9-12(7-2)16(19-3)13-10-11-14(20-4)15(18)17(13)21-5/h10-12,16,19H,6-9H2,1-5H3. The van der Waals surface area contributed by atoms with Crippen molar-refractivity contribution in [2.45, 2.75) is 45.6 Å². The Morgan fingerprint density at radius 3 is 2.38 bits per heavy atom. The van der Waals surface area contributed by atoms with Gasteiger partial charge in [-0.15, -0.1) is 0 Å². The van der Waals surface area contributed by atoms with Gasteiger partial charge in [-0.25, -0.2) is 0 Å². The van der Waals surface area contributed by atoms with Gasteiger partial charge in [-0.05, 0) is 31.5 Å². The van der Waals surface area contributed by atoms with Crippen LogP contribution in [0, 0.1) is 5.92 Å². The molecule has 0 aliphatic carbocycles. The highest BCUT2D eigenvalue weighted by atomic mass is 35.5. The summed E-state index contributed by atoms with van der Waals surface area (Å²) in [6.07, 6.45) is 4.78. The molecule has 1 aromatic carbocycles. The average molecular weight is 314 g/mol. The first-order valence-electron chi connectivity index (χ1n) is 7.72. The molecular formula is C17H28ClNO2. The summed E-state index contributed by atoms with van der Waals surface area (Å²) in [7, 11) is 5.27. The number of unbranched alkanes of at least 4 members (excludes halogenated alkanes) is 1. The lowest BCUT2D eigenvalue weighted by molar-refractivity contribution is 0.323. The molecule has 0 amide bonds. The summed E-state index contributed by atoms with van der Waals surface area (Å²) in [6.45, 7) is 4.47. The van der Waals surface area contributed by atoms with Crippen molar-refractivity contribution in [3.05, 3.63) is 22.7 Å². The summed E-state index contributed by atoms with van der Waals surface area (Å²) in [4.78, 5) is 0. The summed E-state index contributed by atoms with van der Waals surface area (Å²) in [5.41, 5.74) is 1.11. The van der Waals surface area contributed by atoms with Gasteiger partial charge in [0.15, 0.2) is 0 Å². The molecule has 0 spiro atoms.